The summed E-state index contributed by atoms with van der Waals surface area (Å²) in [7, 11) is 0. The third-order valence-electron chi connectivity index (χ3n) is 4.46. The fourth-order valence-corrected chi connectivity index (χ4v) is 3.13. The average Bonchev–Trinajstić information content (AvgIpc) is 3.21. The lowest BCUT2D eigenvalue weighted by Gasteiger charge is -2.13. The van der Waals surface area contributed by atoms with Crippen LogP contribution in [0.4, 0.5) is 0 Å². The first kappa shape index (κ1) is 18.9. The number of carbonyl (C=O) groups is 1. The van der Waals surface area contributed by atoms with Gasteiger partial charge in [0, 0.05) is 23.0 Å². The van der Waals surface area contributed by atoms with Crippen LogP contribution in [0.2, 0.25) is 0 Å². The molecule has 1 aromatic heterocycles. The highest BCUT2D eigenvalue weighted by atomic mass is 35.5. The molecule has 0 atom stereocenters. The summed E-state index contributed by atoms with van der Waals surface area (Å²) in [6, 6.07) is 7.62. The molecule has 27 heavy (non-hydrogen) atoms. The number of rotatable bonds is 6. The van der Waals surface area contributed by atoms with E-state index in [4.69, 9.17) is 26.8 Å². The van der Waals surface area contributed by atoms with E-state index in [1.807, 2.05) is 48.8 Å². The van der Waals surface area contributed by atoms with Crippen LogP contribution in [0.1, 0.15) is 34.2 Å². The summed E-state index contributed by atoms with van der Waals surface area (Å²) in [6.45, 7) is 8.27. The third-order valence-corrected chi connectivity index (χ3v) is 4.59. The van der Waals surface area contributed by atoms with Crippen LogP contribution >= 0.6 is 11.6 Å². The van der Waals surface area contributed by atoms with E-state index in [1.54, 1.807) is 12.1 Å². The summed E-state index contributed by atoms with van der Waals surface area (Å²) in [4.78, 5) is 11.9. The number of aromatic nitrogens is 1. The van der Waals surface area contributed by atoms with Crippen LogP contribution in [-0.4, -0.2) is 17.3 Å². The van der Waals surface area contributed by atoms with Gasteiger partial charge in [0.1, 0.15) is 0 Å². The number of carbonyl (C=O) groups excluding carboxylic acids is 1. The molecule has 2 N–H and O–H groups in total. The predicted molar refractivity (Wildman–Crippen MR) is 107 cm³/mol. The van der Waals surface area contributed by atoms with Crippen LogP contribution in [0.25, 0.3) is 5.57 Å². The largest absolute Gasteiger partial charge is 0.454 e. The normalized spacial score (nSPS) is 13.4. The Hall–Kier alpha value is -2.92. The summed E-state index contributed by atoms with van der Waals surface area (Å²) in [5.74, 6) is 0.997. The van der Waals surface area contributed by atoms with Gasteiger partial charge >= 0.3 is 0 Å². The Morgan fingerprint density at radius 2 is 2.04 bits per heavy atom. The highest BCUT2D eigenvalue weighted by molar-refractivity contribution is 6.30. The number of hydrogen-bond acceptors (Lipinski definition) is 3. The van der Waals surface area contributed by atoms with E-state index in [0.717, 1.165) is 34.0 Å². The van der Waals surface area contributed by atoms with Gasteiger partial charge in [0.05, 0.1) is 5.56 Å². The number of nitrogens with zero attached hydrogens (tertiary/aromatic N) is 1. The SMILES string of the molecule is C=C(Cl)/C=C\C(=C/C)c1cc(C(N)=O)c(C)n1Cc1ccc2c(c1)OCO2. The van der Waals surface area contributed by atoms with Crippen LogP contribution in [-0.2, 0) is 6.54 Å². The van der Waals surface area contributed by atoms with Gasteiger partial charge in [-0.25, -0.2) is 0 Å². The minimum absolute atomic E-state index is 0.230. The van der Waals surface area contributed by atoms with Crippen molar-refractivity contribution in [2.75, 3.05) is 6.79 Å². The Balaban J connectivity index is 2.05. The minimum Gasteiger partial charge on any atom is -0.454 e. The van der Waals surface area contributed by atoms with Gasteiger partial charge in [-0.2, -0.15) is 0 Å². The number of nitrogens with two attached hydrogens (primary N) is 1. The van der Waals surface area contributed by atoms with Crippen molar-refractivity contribution < 1.29 is 14.3 Å². The number of halogens is 1. The summed E-state index contributed by atoms with van der Waals surface area (Å²) < 4.78 is 12.9. The maximum absolute atomic E-state index is 11.9. The van der Waals surface area contributed by atoms with Gasteiger partial charge in [-0.3, -0.25) is 4.79 Å². The molecule has 0 saturated heterocycles. The number of ether oxygens (including phenoxy) is 2. The Kier molecular flexibility index (Phi) is 5.42. The summed E-state index contributed by atoms with van der Waals surface area (Å²) in [6.07, 6.45) is 5.53. The van der Waals surface area contributed by atoms with Crippen molar-refractivity contribution in [1.82, 2.24) is 4.57 Å². The first-order valence-electron chi connectivity index (χ1n) is 8.48. The molecule has 0 aliphatic carbocycles. The van der Waals surface area contributed by atoms with Gasteiger partial charge in [-0.05, 0) is 49.3 Å². The standard InChI is InChI=1S/C21H21ClN2O3/c1-4-16(7-5-13(2)22)18-10-17(21(23)25)14(3)24(18)11-15-6-8-19-20(9-15)27-12-26-19/h4-10H,2,11-12H2,1,3H3,(H2,23,25)/b7-5-,16-4+. The molecule has 0 saturated carbocycles. The van der Waals surface area contributed by atoms with Gasteiger partial charge in [-0.15, -0.1) is 0 Å². The third kappa shape index (κ3) is 3.93. The Morgan fingerprint density at radius 1 is 1.30 bits per heavy atom. The van der Waals surface area contributed by atoms with E-state index >= 15 is 0 Å². The summed E-state index contributed by atoms with van der Waals surface area (Å²) in [5.41, 5.74) is 9.66. The summed E-state index contributed by atoms with van der Waals surface area (Å²) >= 11 is 5.86. The van der Waals surface area contributed by atoms with E-state index in [0.29, 0.717) is 17.1 Å². The molecule has 1 aliphatic rings. The molecule has 1 amide bonds. The van der Waals surface area contributed by atoms with E-state index in [9.17, 15) is 4.79 Å². The number of primary amides is 1. The lowest BCUT2D eigenvalue weighted by atomic mass is 10.1. The maximum Gasteiger partial charge on any atom is 0.250 e. The molecule has 0 fully saturated rings. The maximum atomic E-state index is 11.9. The molecule has 2 heterocycles. The van der Waals surface area contributed by atoms with Gasteiger partial charge in [-0.1, -0.05) is 36.4 Å². The first-order chi connectivity index (χ1) is 12.9. The van der Waals surface area contributed by atoms with Gasteiger partial charge in [0.2, 0.25) is 6.79 Å². The Morgan fingerprint density at radius 3 is 2.70 bits per heavy atom. The number of fused-ring (bicyclic) bond motifs is 1. The molecule has 0 bridgehead atoms. The fourth-order valence-electron chi connectivity index (χ4n) is 3.07. The van der Waals surface area contributed by atoms with Crippen molar-refractivity contribution in [3.05, 3.63) is 76.6 Å². The van der Waals surface area contributed by atoms with E-state index in [1.165, 1.54) is 0 Å². The van der Waals surface area contributed by atoms with Crippen molar-refractivity contribution in [3.63, 3.8) is 0 Å². The van der Waals surface area contributed by atoms with Gasteiger partial charge < -0.3 is 19.8 Å². The second-order valence-electron chi connectivity index (χ2n) is 6.19. The quantitative estimate of drug-likeness (QED) is 0.751. The Bertz CT molecular complexity index is 970. The zero-order valence-electron chi connectivity index (χ0n) is 15.3. The van der Waals surface area contributed by atoms with Crippen molar-refractivity contribution >= 4 is 23.1 Å². The number of hydrogen-bond donors (Lipinski definition) is 1. The molecular formula is C21H21ClN2O3. The van der Waals surface area contributed by atoms with Gasteiger partial charge in [0.25, 0.3) is 5.91 Å². The Labute approximate surface area is 163 Å². The zero-order chi connectivity index (χ0) is 19.6. The van der Waals surface area contributed by atoms with Crippen molar-refractivity contribution in [2.45, 2.75) is 20.4 Å². The van der Waals surface area contributed by atoms with Crippen molar-refractivity contribution in [3.8, 4) is 11.5 Å². The molecule has 5 nitrogen and oxygen atoms in total. The lowest BCUT2D eigenvalue weighted by Crippen LogP contribution is -2.13. The summed E-state index contributed by atoms with van der Waals surface area (Å²) in [5, 5.41) is 0.426. The number of amides is 1. The minimum atomic E-state index is -0.459. The molecule has 1 aromatic carbocycles. The van der Waals surface area contributed by atoms with Crippen molar-refractivity contribution in [2.24, 2.45) is 5.73 Å². The van der Waals surface area contributed by atoms with Crippen LogP contribution < -0.4 is 15.2 Å². The number of benzene rings is 1. The van der Waals surface area contributed by atoms with Crippen LogP contribution in [0.15, 0.2) is 54.1 Å². The molecule has 140 valence electrons. The molecule has 0 spiro atoms. The molecule has 0 radical (unpaired) electrons. The van der Waals surface area contributed by atoms with E-state index in [2.05, 4.69) is 6.58 Å². The molecule has 3 rings (SSSR count). The molecule has 2 aromatic rings. The average molecular weight is 385 g/mol. The highest BCUT2D eigenvalue weighted by Crippen LogP contribution is 2.33. The first-order valence-corrected chi connectivity index (χ1v) is 8.86. The van der Waals surface area contributed by atoms with Crippen LogP contribution in [0.5, 0.6) is 11.5 Å². The molecule has 6 heteroatoms. The lowest BCUT2D eigenvalue weighted by molar-refractivity contribution is 0.0999. The second kappa shape index (κ2) is 7.76. The number of allylic oxidation sites excluding steroid dienone is 5. The monoisotopic (exact) mass is 384 g/mol. The zero-order valence-corrected chi connectivity index (χ0v) is 16.0. The van der Waals surface area contributed by atoms with Crippen LogP contribution in [0, 0.1) is 6.92 Å². The smallest absolute Gasteiger partial charge is 0.250 e. The van der Waals surface area contributed by atoms with Crippen LogP contribution in [0.3, 0.4) is 0 Å². The second-order valence-corrected chi connectivity index (χ2v) is 6.68. The van der Waals surface area contributed by atoms with Gasteiger partial charge in [0.15, 0.2) is 11.5 Å². The molecule has 0 unspecified atom stereocenters. The highest BCUT2D eigenvalue weighted by Gasteiger charge is 2.19. The van der Waals surface area contributed by atoms with E-state index < -0.39 is 5.91 Å². The molecule has 1 aliphatic heterocycles. The van der Waals surface area contributed by atoms with Crippen molar-refractivity contribution in [1.29, 1.82) is 0 Å². The fraction of sp³-hybridized carbons (Fsp3) is 0.190. The topological polar surface area (TPSA) is 66.5 Å². The molecular weight excluding hydrogens is 364 g/mol. The predicted octanol–water partition coefficient (Wildman–Crippen LogP) is 4.38. The van der Waals surface area contributed by atoms with E-state index in [-0.39, 0.29) is 6.79 Å².